The Morgan fingerprint density at radius 1 is 0.893 bits per heavy atom. The predicted molar refractivity (Wildman–Crippen MR) is 125 cm³/mol. The van der Waals surface area contributed by atoms with Gasteiger partial charge in [0, 0.05) is 6.21 Å². The van der Waals surface area contributed by atoms with E-state index in [1.807, 2.05) is 39.8 Å². The molecule has 2 aromatic carbocycles. The van der Waals surface area contributed by atoms with Crippen molar-refractivity contribution in [3.05, 3.63) is 60.7 Å². The molecular weight excluding hydrogens is 382 g/mol. The fourth-order valence-electron chi connectivity index (χ4n) is 3.30. The summed E-state index contributed by atoms with van der Waals surface area (Å²) in [6.07, 6.45) is 1.46. The largest absolute Gasteiger partial charge is 0.400 e. The molecule has 2 aromatic rings. The molecule has 0 radical (unpaired) electrons. The summed E-state index contributed by atoms with van der Waals surface area (Å²) >= 11 is 0. The maximum absolute atomic E-state index is 12.3. The van der Waals surface area contributed by atoms with Gasteiger partial charge in [-0.3, -0.25) is 0 Å². The molecule has 0 heterocycles. The molecule has 0 aliphatic rings. The lowest BCUT2D eigenvalue weighted by molar-refractivity contribution is 0.273. The molecule has 0 fully saturated rings. The topological polar surface area (TPSA) is 38.7 Å². The van der Waals surface area contributed by atoms with E-state index in [2.05, 4.69) is 73.7 Å². The molecule has 0 bridgehead atoms. The molecule has 2 rings (SSSR count). The Kier molecular flexibility index (Phi) is 7.18. The van der Waals surface area contributed by atoms with Crippen molar-refractivity contribution in [3.8, 4) is 0 Å². The highest BCUT2D eigenvalue weighted by atomic mass is 32.2. The summed E-state index contributed by atoms with van der Waals surface area (Å²) in [5.74, 6) is 0. The van der Waals surface area contributed by atoms with Crippen LogP contribution in [-0.2, 0) is 15.4 Å². The van der Waals surface area contributed by atoms with E-state index in [0.717, 1.165) is 0 Å². The van der Waals surface area contributed by atoms with Crippen LogP contribution in [0.15, 0.2) is 65.1 Å². The second-order valence-electron chi connectivity index (χ2n) is 9.10. The Morgan fingerprint density at radius 2 is 1.32 bits per heavy atom. The van der Waals surface area contributed by atoms with Crippen LogP contribution in [0.4, 0.5) is 0 Å². The molecule has 0 spiro atoms. The third-order valence-corrected chi connectivity index (χ3v) is 11.2. The summed E-state index contributed by atoms with van der Waals surface area (Å²) in [6, 6.07) is 21.0. The van der Waals surface area contributed by atoms with E-state index < -0.39 is 19.3 Å². The molecule has 0 aliphatic carbocycles. The Morgan fingerprint density at radius 3 is 1.68 bits per heavy atom. The van der Waals surface area contributed by atoms with Gasteiger partial charge in [-0.2, -0.15) is 4.40 Å². The highest BCUT2D eigenvalue weighted by Gasteiger charge is 2.50. The lowest BCUT2D eigenvalue weighted by atomic mass is 10.2. The fourth-order valence-corrected chi connectivity index (χ4v) is 8.53. The number of nitrogens with zero attached hydrogens (tertiary/aromatic N) is 1. The molecule has 0 aromatic heterocycles. The molecule has 0 amide bonds. The van der Waals surface area contributed by atoms with Gasteiger partial charge < -0.3 is 4.43 Å². The maximum Gasteiger partial charge on any atom is 0.261 e. The normalized spacial score (nSPS) is 15.5. The van der Waals surface area contributed by atoms with Gasteiger partial charge in [-0.25, -0.2) is 4.21 Å². The van der Waals surface area contributed by atoms with Crippen LogP contribution >= 0.6 is 0 Å². The van der Waals surface area contributed by atoms with Crippen molar-refractivity contribution >= 4 is 35.9 Å². The van der Waals surface area contributed by atoms with Crippen molar-refractivity contribution < 1.29 is 8.63 Å². The van der Waals surface area contributed by atoms with Gasteiger partial charge in [0.15, 0.2) is 0 Å². The van der Waals surface area contributed by atoms with Crippen LogP contribution in [0.1, 0.15) is 48.5 Å². The molecular formula is C23H33NO2SSi. The highest BCUT2D eigenvalue weighted by molar-refractivity contribution is 7.85. The van der Waals surface area contributed by atoms with Gasteiger partial charge in [-0.1, -0.05) is 81.4 Å². The summed E-state index contributed by atoms with van der Waals surface area (Å²) in [4.78, 5) is 0. The molecule has 0 N–H and O–H groups in total. The van der Waals surface area contributed by atoms with Gasteiger partial charge in [-0.05, 0) is 43.1 Å². The number of benzene rings is 2. The molecule has 2 atom stereocenters. The first-order valence-electron chi connectivity index (χ1n) is 9.73. The van der Waals surface area contributed by atoms with Gasteiger partial charge in [0.2, 0.25) is 0 Å². The van der Waals surface area contributed by atoms with E-state index in [0.29, 0.717) is 0 Å². The average Bonchev–Trinajstić information content (AvgIpc) is 2.63. The lowest BCUT2D eigenvalue weighted by Crippen LogP contribution is -2.67. The predicted octanol–water partition coefficient (Wildman–Crippen LogP) is 4.48. The molecule has 3 nitrogen and oxygen atoms in total. The minimum absolute atomic E-state index is 0.0962. The Bertz CT molecular complexity index is 768. The zero-order chi connectivity index (χ0) is 21.0. The molecule has 0 aliphatic heterocycles. The van der Waals surface area contributed by atoms with Crippen LogP contribution in [0.5, 0.6) is 0 Å². The zero-order valence-corrected chi connectivity index (χ0v) is 19.9. The van der Waals surface area contributed by atoms with Crippen LogP contribution in [0.25, 0.3) is 0 Å². The quantitative estimate of drug-likeness (QED) is 0.515. The summed E-state index contributed by atoms with van der Waals surface area (Å²) in [6.45, 7) is 14.5. The third-order valence-electron chi connectivity index (χ3n) is 4.67. The number of rotatable bonds is 6. The first kappa shape index (κ1) is 22.7. The molecule has 0 unspecified atom stereocenters. The molecule has 152 valence electrons. The van der Waals surface area contributed by atoms with Gasteiger partial charge in [0.1, 0.15) is 11.0 Å². The molecule has 28 heavy (non-hydrogen) atoms. The van der Waals surface area contributed by atoms with Crippen LogP contribution in [0.3, 0.4) is 0 Å². The summed E-state index contributed by atoms with van der Waals surface area (Å²) in [5, 5.41) is 2.36. The third kappa shape index (κ3) is 5.07. The lowest BCUT2D eigenvalue weighted by Gasteiger charge is -2.44. The SMILES string of the molecule is C[C@H](/C=N/[S@](=O)C(C)(C)C)O[Si](c1ccccc1)(c1ccccc1)C(C)(C)C. The zero-order valence-electron chi connectivity index (χ0n) is 18.1. The minimum atomic E-state index is -2.62. The summed E-state index contributed by atoms with van der Waals surface area (Å²) in [7, 11) is -3.91. The highest BCUT2D eigenvalue weighted by Crippen LogP contribution is 2.37. The van der Waals surface area contributed by atoms with E-state index in [9.17, 15) is 4.21 Å². The first-order valence-corrected chi connectivity index (χ1v) is 12.7. The monoisotopic (exact) mass is 415 g/mol. The molecule has 5 heteroatoms. The second kappa shape index (κ2) is 8.85. The molecule has 0 saturated heterocycles. The maximum atomic E-state index is 12.3. The van der Waals surface area contributed by atoms with Crippen LogP contribution in [-0.4, -0.2) is 29.6 Å². The van der Waals surface area contributed by atoms with Gasteiger partial charge in [0.25, 0.3) is 8.32 Å². The average molecular weight is 416 g/mol. The number of hydrogen-bond acceptors (Lipinski definition) is 2. The summed E-state index contributed by atoms with van der Waals surface area (Å²) in [5.41, 5.74) is 0. The van der Waals surface area contributed by atoms with Crippen LogP contribution in [0, 0.1) is 0 Å². The van der Waals surface area contributed by atoms with E-state index in [1.54, 1.807) is 6.21 Å². The first-order chi connectivity index (χ1) is 13.0. The van der Waals surface area contributed by atoms with Gasteiger partial charge in [-0.15, -0.1) is 0 Å². The fraction of sp³-hybridized carbons (Fsp3) is 0.435. The van der Waals surface area contributed by atoms with Crippen molar-refractivity contribution in [2.24, 2.45) is 4.40 Å². The van der Waals surface area contributed by atoms with Crippen molar-refractivity contribution in [2.75, 3.05) is 0 Å². The Balaban J connectivity index is 2.53. The number of hydrogen-bond donors (Lipinski definition) is 0. The standard InChI is InChI=1S/C23H33NO2SSi/c1-19(18-24-27(25)22(2,3)4)26-28(23(5,6)7,20-14-10-8-11-15-20)21-16-12-9-13-17-21/h8-19H,1-7H3/b24-18+/t19-,27-/m1/s1. The van der Waals surface area contributed by atoms with E-state index >= 15 is 0 Å². The van der Waals surface area contributed by atoms with Crippen LogP contribution in [0.2, 0.25) is 5.04 Å². The minimum Gasteiger partial charge on any atom is -0.400 e. The summed E-state index contributed by atoms with van der Waals surface area (Å²) < 4.78 is 23.1. The van der Waals surface area contributed by atoms with Crippen molar-refractivity contribution in [1.29, 1.82) is 0 Å². The van der Waals surface area contributed by atoms with Gasteiger partial charge in [0.05, 0.1) is 10.9 Å². The van der Waals surface area contributed by atoms with Gasteiger partial charge >= 0.3 is 0 Å². The van der Waals surface area contributed by atoms with Crippen molar-refractivity contribution in [3.63, 3.8) is 0 Å². The van der Waals surface area contributed by atoms with Crippen molar-refractivity contribution in [1.82, 2.24) is 0 Å². The van der Waals surface area contributed by atoms with E-state index in [-0.39, 0.29) is 15.9 Å². The Hall–Kier alpha value is -1.56. The Labute approximate surface area is 174 Å². The van der Waals surface area contributed by atoms with E-state index in [1.165, 1.54) is 10.4 Å². The smallest absolute Gasteiger partial charge is 0.261 e. The van der Waals surface area contributed by atoms with E-state index in [4.69, 9.17) is 4.43 Å². The van der Waals surface area contributed by atoms with Crippen molar-refractivity contribution in [2.45, 2.75) is 64.4 Å². The second-order valence-corrected chi connectivity index (χ2v) is 15.3. The molecule has 0 saturated carbocycles. The van der Waals surface area contributed by atoms with Crippen LogP contribution < -0.4 is 10.4 Å².